The molecule has 2 nitrogen and oxygen atoms in total. The summed E-state index contributed by atoms with van der Waals surface area (Å²) < 4.78 is 1.96. The van der Waals surface area contributed by atoms with E-state index in [1.54, 1.807) is 0 Å². The van der Waals surface area contributed by atoms with E-state index in [1.807, 2.05) is 10.6 Å². The Kier molecular flexibility index (Phi) is 5.08. The van der Waals surface area contributed by atoms with Gasteiger partial charge in [-0.2, -0.15) is 0 Å². The molecule has 9 rings (SSSR count). The largest absolute Gasteiger partial charge is 0.275 e. The van der Waals surface area contributed by atoms with Gasteiger partial charge in [0.2, 0.25) is 0 Å². The zero-order chi connectivity index (χ0) is 28.5. The Morgan fingerprint density at radius 2 is 0.930 bits per heavy atom. The summed E-state index contributed by atoms with van der Waals surface area (Å²) in [6, 6.07) is 52.9. The zero-order valence-corrected chi connectivity index (χ0v) is 23.3. The molecule has 0 bridgehead atoms. The molecular formula is C41H25NO. The standard InChI is InChI=1S/C41H25NO/c43-41-37-24-28-23-22-26-12-4-5-15-29(26)35(28)25-36(37)30-16-10-11-21-38(30)42(41)40-33-19-8-6-17-31(33)39(27-13-2-1-3-14-27)32-18-7-9-20-34(32)40/h1-25H. The molecule has 0 aliphatic carbocycles. The summed E-state index contributed by atoms with van der Waals surface area (Å²) in [6.45, 7) is 0. The minimum absolute atomic E-state index is 0.00785. The molecule has 9 aromatic rings. The summed E-state index contributed by atoms with van der Waals surface area (Å²) in [5, 5.41) is 11.8. The van der Waals surface area contributed by atoms with Gasteiger partial charge in [0.05, 0.1) is 11.2 Å². The average Bonchev–Trinajstić information content (AvgIpc) is 3.07. The molecule has 0 atom stereocenters. The molecule has 0 amide bonds. The molecule has 0 aliphatic rings. The van der Waals surface area contributed by atoms with Crippen LogP contribution in [0.4, 0.5) is 0 Å². The Balaban J connectivity index is 1.49. The van der Waals surface area contributed by atoms with Crippen LogP contribution in [0.2, 0.25) is 0 Å². The van der Waals surface area contributed by atoms with E-state index in [-0.39, 0.29) is 5.56 Å². The van der Waals surface area contributed by atoms with E-state index >= 15 is 0 Å². The fourth-order valence-corrected chi connectivity index (χ4v) is 7.06. The topological polar surface area (TPSA) is 22.0 Å². The van der Waals surface area contributed by atoms with Crippen LogP contribution in [0, 0.1) is 0 Å². The molecule has 0 spiro atoms. The fraction of sp³-hybridized carbons (Fsp3) is 0. The molecule has 0 aliphatic heterocycles. The first-order valence-electron chi connectivity index (χ1n) is 14.7. The minimum atomic E-state index is -0.00785. The summed E-state index contributed by atoms with van der Waals surface area (Å²) >= 11 is 0. The van der Waals surface area contributed by atoms with Crippen molar-refractivity contribution >= 4 is 64.8 Å². The fourth-order valence-electron chi connectivity index (χ4n) is 7.06. The van der Waals surface area contributed by atoms with Gasteiger partial charge in [-0.25, -0.2) is 0 Å². The van der Waals surface area contributed by atoms with Gasteiger partial charge >= 0.3 is 0 Å². The Bertz CT molecular complexity index is 2570. The van der Waals surface area contributed by atoms with Gasteiger partial charge in [-0.1, -0.05) is 133 Å². The van der Waals surface area contributed by atoms with E-state index in [0.29, 0.717) is 0 Å². The van der Waals surface area contributed by atoms with Crippen molar-refractivity contribution in [1.29, 1.82) is 0 Å². The Morgan fingerprint density at radius 1 is 0.372 bits per heavy atom. The van der Waals surface area contributed by atoms with Gasteiger partial charge in [0, 0.05) is 21.5 Å². The van der Waals surface area contributed by atoms with Gasteiger partial charge < -0.3 is 0 Å². The first-order valence-corrected chi connectivity index (χ1v) is 14.7. The third-order valence-electron chi connectivity index (χ3n) is 8.94. The molecule has 200 valence electrons. The predicted molar refractivity (Wildman–Crippen MR) is 183 cm³/mol. The van der Waals surface area contributed by atoms with E-state index in [9.17, 15) is 4.79 Å². The van der Waals surface area contributed by atoms with Crippen LogP contribution >= 0.6 is 0 Å². The highest BCUT2D eigenvalue weighted by Crippen LogP contribution is 2.42. The maximum atomic E-state index is 14.9. The minimum Gasteiger partial charge on any atom is -0.275 e. The number of pyridine rings is 1. The van der Waals surface area contributed by atoms with Crippen LogP contribution in [0.25, 0.3) is 81.6 Å². The van der Waals surface area contributed by atoms with Crippen LogP contribution in [-0.2, 0) is 0 Å². The second-order valence-corrected chi connectivity index (χ2v) is 11.2. The van der Waals surface area contributed by atoms with Gasteiger partial charge in [-0.05, 0) is 67.0 Å². The summed E-state index contributed by atoms with van der Waals surface area (Å²) in [5.74, 6) is 0. The quantitative estimate of drug-likeness (QED) is 0.156. The number of rotatable bonds is 2. The Morgan fingerprint density at radius 3 is 1.65 bits per heavy atom. The second-order valence-electron chi connectivity index (χ2n) is 11.2. The van der Waals surface area contributed by atoms with Crippen LogP contribution < -0.4 is 5.56 Å². The number of hydrogen-bond donors (Lipinski definition) is 0. The molecule has 0 unspecified atom stereocenters. The van der Waals surface area contributed by atoms with Crippen LogP contribution in [0.3, 0.4) is 0 Å². The van der Waals surface area contributed by atoms with E-state index < -0.39 is 0 Å². The number of benzene rings is 8. The number of para-hydroxylation sites is 1. The number of hydrogen-bond acceptors (Lipinski definition) is 1. The van der Waals surface area contributed by atoms with Crippen LogP contribution in [0.15, 0.2) is 156 Å². The monoisotopic (exact) mass is 547 g/mol. The molecule has 0 fully saturated rings. The van der Waals surface area contributed by atoms with Gasteiger partial charge in [0.1, 0.15) is 0 Å². The average molecular weight is 548 g/mol. The summed E-state index contributed by atoms with van der Waals surface area (Å²) in [4.78, 5) is 14.9. The molecule has 1 heterocycles. The van der Waals surface area contributed by atoms with Crippen molar-refractivity contribution in [3.8, 4) is 16.8 Å². The van der Waals surface area contributed by atoms with Gasteiger partial charge in [-0.3, -0.25) is 9.36 Å². The van der Waals surface area contributed by atoms with Crippen LogP contribution in [-0.4, -0.2) is 4.57 Å². The van der Waals surface area contributed by atoms with E-state index in [2.05, 4.69) is 146 Å². The van der Waals surface area contributed by atoms with E-state index in [4.69, 9.17) is 0 Å². The highest BCUT2D eigenvalue weighted by atomic mass is 16.1. The molecule has 0 saturated heterocycles. The maximum Gasteiger partial charge on any atom is 0.263 e. The van der Waals surface area contributed by atoms with Crippen molar-refractivity contribution in [3.05, 3.63) is 162 Å². The normalized spacial score (nSPS) is 11.8. The smallest absolute Gasteiger partial charge is 0.263 e. The van der Waals surface area contributed by atoms with Crippen molar-refractivity contribution in [2.24, 2.45) is 0 Å². The number of aromatic nitrogens is 1. The lowest BCUT2D eigenvalue weighted by Gasteiger charge is -2.21. The number of fused-ring (bicyclic) bond motifs is 8. The van der Waals surface area contributed by atoms with Gasteiger partial charge in [-0.15, -0.1) is 0 Å². The van der Waals surface area contributed by atoms with Crippen molar-refractivity contribution in [2.75, 3.05) is 0 Å². The van der Waals surface area contributed by atoms with Crippen LogP contribution in [0.1, 0.15) is 0 Å². The summed E-state index contributed by atoms with van der Waals surface area (Å²) in [6.07, 6.45) is 0. The summed E-state index contributed by atoms with van der Waals surface area (Å²) in [5.41, 5.74) is 4.17. The predicted octanol–water partition coefficient (Wildman–Crippen LogP) is 10.4. The highest BCUT2D eigenvalue weighted by molar-refractivity contribution is 6.20. The van der Waals surface area contributed by atoms with Crippen molar-refractivity contribution in [2.45, 2.75) is 0 Å². The van der Waals surface area contributed by atoms with E-state index in [0.717, 1.165) is 65.2 Å². The molecule has 8 aromatic carbocycles. The second kappa shape index (κ2) is 9.14. The lowest BCUT2D eigenvalue weighted by Crippen LogP contribution is -2.20. The third-order valence-corrected chi connectivity index (χ3v) is 8.94. The molecular weight excluding hydrogens is 522 g/mol. The van der Waals surface area contributed by atoms with Gasteiger partial charge in [0.25, 0.3) is 5.56 Å². The van der Waals surface area contributed by atoms with E-state index in [1.165, 1.54) is 16.3 Å². The van der Waals surface area contributed by atoms with Crippen molar-refractivity contribution < 1.29 is 0 Å². The SMILES string of the molecule is O=c1c2cc3ccc4ccccc4c3cc2c2ccccc2n1-c1c2ccccc2c(-c2ccccc2)c2ccccc12. The molecule has 2 heteroatoms. The number of nitrogens with zero attached hydrogens (tertiary/aromatic N) is 1. The van der Waals surface area contributed by atoms with Gasteiger partial charge in [0.15, 0.2) is 0 Å². The lowest BCUT2D eigenvalue weighted by molar-refractivity contribution is 1.08. The molecule has 43 heavy (non-hydrogen) atoms. The van der Waals surface area contributed by atoms with Crippen molar-refractivity contribution in [3.63, 3.8) is 0 Å². The molecule has 0 radical (unpaired) electrons. The third kappa shape index (κ3) is 3.44. The zero-order valence-electron chi connectivity index (χ0n) is 23.3. The molecule has 0 saturated carbocycles. The first-order chi connectivity index (χ1) is 21.3. The highest BCUT2D eigenvalue weighted by Gasteiger charge is 2.20. The molecule has 1 aromatic heterocycles. The lowest BCUT2D eigenvalue weighted by atomic mass is 9.90. The molecule has 0 N–H and O–H groups in total. The summed E-state index contributed by atoms with van der Waals surface area (Å²) in [7, 11) is 0. The first kappa shape index (κ1) is 23.9. The van der Waals surface area contributed by atoms with Crippen molar-refractivity contribution in [1.82, 2.24) is 4.57 Å². The Hall–Kier alpha value is -5.73. The Labute approximate surface area is 247 Å². The van der Waals surface area contributed by atoms with Crippen LogP contribution in [0.5, 0.6) is 0 Å². The maximum absolute atomic E-state index is 14.9.